The molecule has 0 saturated carbocycles. The summed E-state index contributed by atoms with van der Waals surface area (Å²) < 4.78 is 0.998. The van der Waals surface area contributed by atoms with Gasteiger partial charge in [0, 0.05) is 17.1 Å². The first kappa shape index (κ1) is 13.1. The standard InChI is InChI=1S/C14H15BrN2O/c1-9-4-5-10(7-12(9)15)13(18)8-11-3-2-6-17-14(11)16/h2-7,13,18H,8H2,1H3,(H2,16,17). The predicted octanol–water partition coefficient (Wildman–Crippen LogP) is 3.01. The van der Waals surface area contributed by atoms with Crippen LogP contribution in [-0.2, 0) is 6.42 Å². The van der Waals surface area contributed by atoms with Crippen molar-refractivity contribution in [2.24, 2.45) is 0 Å². The second-order valence-electron chi connectivity index (χ2n) is 4.28. The summed E-state index contributed by atoms with van der Waals surface area (Å²) in [6.45, 7) is 2.01. The molecule has 0 amide bonds. The van der Waals surface area contributed by atoms with E-state index in [0.717, 1.165) is 21.2 Å². The number of hydrogen-bond donors (Lipinski definition) is 2. The molecule has 4 heteroatoms. The van der Waals surface area contributed by atoms with Gasteiger partial charge in [-0.05, 0) is 35.7 Å². The van der Waals surface area contributed by atoms with Crippen LogP contribution in [0.4, 0.5) is 5.82 Å². The smallest absolute Gasteiger partial charge is 0.126 e. The molecule has 1 aromatic heterocycles. The Morgan fingerprint density at radius 3 is 2.83 bits per heavy atom. The third kappa shape index (κ3) is 2.89. The molecule has 0 bridgehead atoms. The summed E-state index contributed by atoms with van der Waals surface area (Å²) in [5.74, 6) is 0.475. The maximum Gasteiger partial charge on any atom is 0.126 e. The predicted molar refractivity (Wildman–Crippen MR) is 76.2 cm³/mol. The average molecular weight is 307 g/mol. The summed E-state index contributed by atoms with van der Waals surface area (Å²) >= 11 is 3.47. The Morgan fingerprint density at radius 2 is 2.17 bits per heavy atom. The van der Waals surface area contributed by atoms with Gasteiger partial charge in [-0.25, -0.2) is 4.98 Å². The van der Waals surface area contributed by atoms with Gasteiger partial charge in [0.15, 0.2) is 0 Å². The number of pyridine rings is 1. The number of halogens is 1. The summed E-state index contributed by atoms with van der Waals surface area (Å²) in [6, 6.07) is 9.55. The molecule has 1 heterocycles. The average Bonchev–Trinajstić information content (AvgIpc) is 2.35. The molecule has 0 aliphatic carbocycles. The third-order valence-electron chi connectivity index (χ3n) is 2.92. The molecule has 0 fully saturated rings. The number of aliphatic hydroxyl groups is 1. The third-order valence-corrected chi connectivity index (χ3v) is 3.77. The highest BCUT2D eigenvalue weighted by molar-refractivity contribution is 9.10. The van der Waals surface area contributed by atoms with Crippen LogP contribution in [0.5, 0.6) is 0 Å². The van der Waals surface area contributed by atoms with Gasteiger partial charge in [0.2, 0.25) is 0 Å². The number of nitrogens with two attached hydrogens (primary N) is 1. The highest BCUT2D eigenvalue weighted by atomic mass is 79.9. The number of aliphatic hydroxyl groups excluding tert-OH is 1. The van der Waals surface area contributed by atoms with Crippen molar-refractivity contribution in [2.75, 3.05) is 5.73 Å². The molecule has 1 atom stereocenters. The monoisotopic (exact) mass is 306 g/mol. The fourth-order valence-electron chi connectivity index (χ4n) is 1.77. The summed E-state index contributed by atoms with van der Waals surface area (Å²) in [6.07, 6.45) is 1.54. The van der Waals surface area contributed by atoms with Gasteiger partial charge in [-0.1, -0.05) is 34.1 Å². The van der Waals surface area contributed by atoms with Crippen molar-refractivity contribution >= 4 is 21.7 Å². The zero-order chi connectivity index (χ0) is 13.1. The minimum Gasteiger partial charge on any atom is -0.388 e. The van der Waals surface area contributed by atoms with Crippen LogP contribution in [0, 0.1) is 6.92 Å². The lowest BCUT2D eigenvalue weighted by molar-refractivity contribution is 0.178. The second-order valence-corrected chi connectivity index (χ2v) is 5.13. The maximum absolute atomic E-state index is 10.2. The topological polar surface area (TPSA) is 59.1 Å². The van der Waals surface area contributed by atoms with Crippen molar-refractivity contribution < 1.29 is 5.11 Å². The van der Waals surface area contributed by atoms with Crippen molar-refractivity contribution in [3.63, 3.8) is 0 Å². The summed E-state index contributed by atoms with van der Waals surface area (Å²) in [5.41, 5.74) is 8.65. The molecule has 94 valence electrons. The van der Waals surface area contributed by atoms with E-state index in [2.05, 4.69) is 20.9 Å². The largest absolute Gasteiger partial charge is 0.388 e. The van der Waals surface area contributed by atoms with Gasteiger partial charge < -0.3 is 10.8 Å². The summed E-state index contributed by atoms with van der Waals surface area (Å²) in [7, 11) is 0. The Balaban J connectivity index is 2.19. The van der Waals surface area contributed by atoms with Crippen LogP contribution in [0.2, 0.25) is 0 Å². The number of anilines is 1. The van der Waals surface area contributed by atoms with Gasteiger partial charge >= 0.3 is 0 Å². The molecule has 0 aliphatic rings. The van der Waals surface area contributed by atoms with Crippen LogP contribution in [0.25, 0.3) is 0 Å². The maximum atomic E-state index is 10.2. The van der Waals surface area contributed by atoms with Gasteiger partial charge in [-0.15, -0.1) is 0 Å². The highest BCUT2D eigenvalue weighted by Crippen LogP contribution is 2.25. The van der Waals surface area contributed by atoms with Gasteiger partial charge in [-0.3, -0.25) is 0 Å². The molecule has 3 N–H and O–H groups in total. The van der Waals surface area contributed by atoms with Gasteiger partial charge in [0.05, 0.1) is 6.10 Å². The first-order valence-electron chi connectivity index (χ1n) is 5.71. The van der Waals surface area contributed by atoms with Crippen LogP contribution < -0.4 is 5.73 Å². The number of benzene rings is 1. The molecule has 0 radical (unpaired) electrons. The summed E-state index contributed by atoms with van der Waals surface area (Å²) in [4.78, 5) is 4.01. The lowest BCUT2D eigenvalue weighted by Gasteiger charge is -2.13. The van der Waals surface area contributed by atoms with E-state index in [9.17, 15) is 5.11 Å². The molecular formula is C14H15BrN2O. The van der Waals surface area contributed by atoms with E-state index in [4.69, 9.17) is 5.73 Å². The molecule has 3 nitrogen and oxygen atoms in total. The normalized spacial score (nSPS) is 12.4. The van der Waals surface area contributed by atoms with E-state index >= 15 is 0 Å². The minimum atomic E-state index is -0.576. The van der Waals surface area contributed by atoms with Crippen molar-refractivity contribution in [1.29, 1.82) is 0 Å². The van der Waals surface area contributed by atoms with Crippen LogP contribution in [0.1, 0.15) is 22.8 Å². The van der Waals surface area contributed by atoms with Gasteiger partial charge in [-0.2, -0.15) is 0 Å². The van der Waals surface area contributed by atoms with Crippen LogP contribution in [-0.4, -0.2) is 10.1 Å². The molecule has 1 aromatic carbocycles. The number of nitrogens with zero attached hydrogens (tertiary/aromatic N) is 1. The van der Waals surface area contributed by atoms with Crippen LogP contribution in [0.3, 0.4) is 0 Å². The van der Waals surface area contributed by atoms with Crippen molar-refractivity contribution in [3.05, 3.63) is 57.7 Å². The number of aryl methyl sites for hydroxylation is 1. The Morgan fingerprint density at radius 1 is 1.39 bits per heavy atom. The Hall–Kier alpha value is -1.39. The Bertz CT molecular complexity index is 557. The number of aromatic nitrogens is 1. The first-order valence-corrected chi connectivity index (χ1v) is 6.50. The zero-order valence-corrected chi connectivity index (χ0v) is 11.7. The van der Waals surface area contributed by atoms with Crippen molar-refractivity contribution in [3.8, 4) is 0 Å². The molecule has 0 saturated heterocycles. The van der Waals surface area contributed by atoms with E-state index in [0.29, 0.717) is 12.2 Å². The van der Waals surface area contributed by atoms with E-state index in [-0.39, 0.29) is 0 Å². The molecular weight excluding hydrogens is 292 g/mol. The van der Waals surface area contributed by atoms with E-state index in [1.54, 1.807) is 6.20 Å². The van der Waals surface area contributed by atoms with E-state index in [1.165, 1.54) is 0 Å². The van der Waals surface area contributed by atoms with Crippen molar-refractivity contribution in [1.82, 2.24) is 4.98 Å². The lowest BCUT2D eigenvalue weighted by Crippen LogP contribution is -2.05. The van der Waals surface area contributed by atoms with E-state index < -0.39 is 6.10 Å². The van der Waals surface area contributed by atoms with Crippen LogP contribution >= 0.6 is 15.9 Å². The Labute approximate surface area is 115 Å². The number of hydrogen-bond acceptors (Lipinski definition) is 3. The van der Waals surface area contributed by atoms with Crippen molar-refractivity contribution in [2.45, 2.75) is 19.4 Å². The number of rotatable bonds is 3. The molecule has 18 heavy (non-hydrogen) atoms. The fourth-order valence-corrected chi connectivity index (χ4v) is 2.16. The molecule has 0 spiro atoms. The summed E-state index contributed by atoms with van der Waals surface area (Å²) in [5, 5.41) is 10.2. The first-order chi connectivity index (χ1) is 8.58. The number of nitrogen functional groups attached to an aromatic ring is 1. The highest BCUT2D eigenvalue weighted by Gasteiger charge is 2.11. The quantitative estimate of drug-likeness (QED) is 0.916. The molecule has 0 aliphatic heterocycles. The SMILES string of the molecule is Cc1ccc(C(O)Cc2cccnc2N)cc1Br. The fraction of sp³-hybridized carbons (Fsp3) is 0.214. The molecule has 2 aromatic rings. The molecule has 2 rings (SSSR count). The second kappa shape index (κ2) is 5.50. The van der Waals surface area contributed by atoms with Crippen LogP contribution in [0.15, 0.2) is 41.0 Å². The van der Waals surface area contributed by atoms with Gasteiger partial charge in [0.25, 0.3) is 0 Å². The Kier molecular flexibility index (Phi) is 3.99. The minimum absolute atomic E-state index is 0.467. The van der Waals surface area contributed by atoms with Gasteiger partial charge in [0.1, 0.15) is 5.82 Å². The zero-order valence-electron chi connectivity index (χ0n) is 10.1. The lowest BCUT2D eigenvalue weighted by atomic mass is 10.0. The molecule has 1 unspecified atom stereocenters. The van der Waals surface area contributed by atoms with E-state index in [1.807, 2.05) is 37.3 Å².